The fourth-order valence-corrected chi connectivity index (χ4v) is 2.94. The summed E-state index contributed by atoms with van der Waals surface area (Å²) >= 11 is 0. The summed E-state index contributed by atoms with van der Waals surface area (Å²) < 4.78 is 51.3. The highest BCUT2D eigenvalue weighted by molar-refractivity contribution is 5.92. The van der Waals surface area contributed by atoms with E-state index in [-0.39, 0.29) is 18.2 Å². The number of hydrogen-bond acceptors (Lipinski definition) is 4. The van der Waals surface area contributed by atoms with Crippen LogP contribution in [0.25, 0.3) is 0 Å². The van der Waals surface area contributed by atoms with Crippen molar-refractivity contribution in [3.05, 3.63) is 57.5 Å². The van der Waals surface area contributed by atoms with Gasteiger partial charge in [-0.3, -0.25) is 14.6 Å². The van der Waals surface area contributed by atoms with Gasteiger partial charge in [-0.2, -0.15) is 13.2 Å². The van der Waals surface area contributed by atoms with Crippen LogP contribution in [-0.4, -0.2) is 35.1 Å². The van der Waals surface area contributed by atoms with Gasteiger partial charge in [0.05, 0.1) is 18.2 Å². The molecule has 1 aromatic carbocycles. The van der Waals surface area contributed by atoms with Gasteiger partial charge in [-0.25, -0.2) is 9.37 Å². The maximum absolute atomic E-state index is 13.4. The van der Waals surface area contributed by atoms with Crippen LogP contribution in [0.2, 0.25) is 0 Å². The lowest BCUT2D eigenvalue weighted by molar-refractivity contribution is -0.137. The van der Waals surface area contributed by atoms with Gasteiger partial charge in [0.25, 0.3) is 11.5 Å². The molecule has 0 radical (unpaired) electrons. The molecule has 2 atom stereocenters. The normalized spacial score (nSPS) is 18.2. The SMILES string of the molecule is C[C@@H](NC(=O)c1cc(=O)[nH]c(N2CCC(F)C2)n1)c1ccc(C(F)(F)F)cc1. The van der Waals surface area contributed by atoms with Gasteiger partial charge in [-0.1, -0.05) is 12.1 Å². The largest absolute Gasteiger partial charge is 0.416 e. The van der Waals surface area contributed by atoms with Crippen molar-refractivity contribution in [2.45, 2.75) is 31.7 Å². The first-order valence-electron chi connectivity index (χ1n) is 8.62. The van der Waals surface area contributed by atoms with E-state index < -0.39 is 35.4 Å². The maximum Gasteiger partial charge on any atom is 0.416 e. The van der Waals surface area contributed by atoms with Crippen LogP contribution in [0, 0.1) is 0 Å². The van der Waals surface area contributed by atoms with Gasteiger partial charge >= 0.3 is 6.18 Å². The second-order valence-corrected chi connectivity index (χ2v) is 6.60. The van der Waals surface area contributed by atoms with Crippen LogP contribution in [0.15, 0.2) is 35.1 Å². The average Bonchev–Trinajstić information content (AvgIpc) is 3.07. The molecule has 3 rings (SSSR count). The third-order valence-electron chi connectivity index (χ3n) is 4.48. The standard InChI is InChI=1S/C18H18F4N4O2/c1-10(11-2-4-12(5-3-11)18(20,21)22)23-16(28)14-8-15(27)25-17(24-14)26-7-6-13(19)9-26/h2-5,8,10,13H,6-7,9H2,1H3,(H,23,28)(H,24,25,27)/t10-,13?/m1/s1. The molecule has 0 spiro atoms. The molecule has 2 aromatic rings. The zero-order valence-electron chi connectivity index (χ0n) is 14.9. The lowest BCUT2D eigenvalue weighted by atomic mass is 10.1. The molecule has 150 valence electrons. The minimum absolute atomic E-state index is 0.0793. The molecule has 1 saturated heterocycles. The molecule has 10 heteroatoms. The quantitative estimate of drug-likeness (QED) is 0.777. The Balaban J connectivity index is 1.73. The van der Waals surface area contributed by atoms with Gasteiger partial charge in [0.15, 0.2) is 0 Å². The van der Waals surface area contributed by atoms with E-state index in [0.717, 1.165) is 18.2 Å². The van der Waals surface area contributed by atoms with E-state index in [1.165, 1.54) is 12.1 Å². The molecular formula is C18H18F4N4O2. The Morgan fingerprint density at radius 1 is 1.32 bits per heavy atom. The summed E-state index contributed by atoms with van der Waals surface area (Å²) in [5, 5.41) is 2.60. The minimum atomic E-state index is -4.44. The Morgan fingerprint density at radius 2 is 2.00 bits per heavy atom. The number of nitrogens with zero attached hydrogens (tertiary/aromatic N) is 2. The maximum atomic E-state index is 13.4. The number of carbonyl (C=O) groups is 1. The highest BCUT2D eigenvalue weighted by Gasteiger charge is 2.30. The number of amides is 1. The van der Waals surface area contributed by atoms with Crippen LogP contribution in [0.4, 0.5) is 23.5 Å². The number of rotatable bonds is 4. The fraction of sp³-hybridized carbons (Fsp3) is 0.389. The lowest BCUT2D eigenvalue weighted by Crippen LogP contribution is -2.31. The first-order chi connectivity index (χ1) is 13.1. The number of H-pyrrole nitrogens is 1. The van der Waals surface area contributed by atoms with Gasteiger partial charge in [-0.05, 0) is 31.0 Å². The second-order valence-electron chi connectivity index (χ2n) is 6.60. The highest BCUT2D eigenvalue weighted by atomic mass is 19.4. The van der Waals surface area contributed by atoms with E-state index in [0.29, 0.717) is 18.5 Å². The van der Waals surface area contributed by atoms with Crippen LogP contribution in [0.3, 0.4) is 0 Å². The second kappa shape index (κ2) is 7.61. The van der Waals surface area contributed by atoms with E-state index in [1.54, 1.807) is 11.8 Å². The van der Waals surface area contributed by atoms with Crippen molar-refractivity contribution in [1.82, 2.24) is 15.3 Å². The van der Waals surface area contributed by atoms with Crippen molar-refractivity contribution in [1.29, 1.82) is 0 Å². The van der Waals surface area contributed by atoms with Crippen LogP contribution in [-0.2, 0) is 6.18 Å². The Labute approximate surface area is 157 Å². The Kier molecular flexibility index (Phi) is 5.39. The number of carbonyl (C=O) groups excluding carboxylic acids is 1. The molecule has 6 nitrogen and oxygen atoms in total. The van der Waals surface area contributed by atoms with Crippen molar-refractivity contribution < 1.29 is 22.4 Å². The molecule has 0 aliphatic carbocycles. The molecule has 2 heterocycles. The van der Waals surface area contributed by atoms with E-state index in [2.05, 4.69) is 15.3 Å². The molecule has 0 bridgehead atoms. The third-order valence-corrected chi connectivity index (χ3v) is 4.48. The first-order valence-corrected chi connectivity index (χ1v) is 8.62. The summed E-state index contributed by atoms with van der Waals surface area (Å²) in [4.78, 5) is 32.4. The fourth-order valence-electron chi connectivity index (χ4n) is 2.94. The van der Waals surface area contributed by atoms with Gasteiger partial charge in [0, 0.05) is 12.6 Å². The zero-order valence-corrected chi connectivity index (χ0v) is 14.9. The van der Waals surface area contributed by atoms with Crippen molar-refractivity contribution in [3.63, 3.8) is 0 Å². The van der Waals surface area contributed by atoms with Crippen molar-refractivity contribution in [2.24, 2.45) is 0 Å². The predicted octanol–water partition coefficient (Wildman–Crippen LogP) is 2.83. The smallest absolute Gasteiger partial charge is 0.344 e. The summed E-state index contributed by atoms with van der Waals surface area (Å²) in [6.45, 7) is 2.05. The van der Waals surface area contributed by atoms with Crippen LogP contribution in [0.1, 0.15) is 41.0 Å². The molecule has 2 N–H and O–H groups in total. The lowest BCUT2D eigenvalue weighted by Gasteiger charge is -2.17. The number of anilines is 1. The van der Waals surface area contributed by atoms with Crippen LogP contribution >= 0.6 is 0 Å². The average molecular weight is 398 g/mol. The molecular weight excluding hydrogens is 380 g/mol. The summed E-state index contributed by atoms with van der Waals surface area (Å²) in [6, 6.07) is 4.82. The monoisotopic (exact) mass is 398 g/mol. The number of aromatic amines is 1. The van der Waals surface area contributed by atoms with Gasteiger partial charge in [0.2, 0.25) is 5.95 Å². The third kappa shape index (κ3) is 4.49. The van der Waals surface area contributed by atoms with Gasteiger partial charge in [-0.15, -0.1) is 0 Å². The summed E-state index contributed by atoms with van der Waals surface area (Å²) in [5.74, 6) is -0.546. The highest BCUT2D eigenvalue weighted by Crippen LogP contribution is 2.30. The van der Waals surface area contributed by atoms with E-state index in [9.17, 15) is 27.2 Å². The first kappa shape index (κ1) is 19.8. The Morgan fingerprint density at radius 3 is 2.57 bits per heavy atom. The molecule has 1 aliphatic rings. The van der Waals surface area contributed by atoms with Gasteiger partial charge in [0.1, 0.15) is 11.9 Å². The predicted molar refractivity (Wildman–Crippen MR) is 93.9 cm³/mol. The Bertz CT molecular complexity index is 911. The number of hydrogen-bond donors (Lipinski definition) is 2. The number of alkyl halides is 4. The summed E-state index contributed by atoms with van der Waals surface area (Å²) in [5.41, 5.74) is -1.03. The van der Waals surface area contributed by atoms with E-state index in [1.807, 2.05) is 0 Å². The topological polar surface area (TPSA) is 78.1 Å². The summed E-state index contributed by atoms with van der Waals surface area (Å²) in [7, 11) is 0. The molecule has 1 unspecified atom stereocenters. The van der Waals surface area contributed by atoms with Crippen molar-refractivity contribution in [2.75, 3.05) is 18.0 Å². The van der Waals surface area contributed by atoms with Crippen LogP contribution < -0.4 is 15.8 Å². The molecule has 1 aromatic heterocycles. The number of halogens is 4. The van der Waals surface area contributed by atoms with E-state index >= 15 is 0 Å². The molecule has 1 aliphatic heterocycles. The molecule has 1 amide bonds. The minimum Gasteiger partial charge on any atom is -0.344 e. The number of aromatic nitrogens is 2. The molecule has 28 heavy (non-hydrogen) atoms. The Hall–Kier alpha value is -2.91. The van der Waals surface area contributed by atoms with Crippen molar-refractivity contribution in [3.8, 4) is 0 Å². The number of benzene rings is 1. The summed E-state index contributed by atoms with van der Waals surface area (Å²) in [6.07, 6.45) is -5.15. The van der Waals surface area contributed by atoms with Crippen molar-refractivity contribution >= 4 is 11.9 Å². The van der Waals surface area contributed by atoms with Gasteiger partial charge < -0.3 is 10.2 Å². The van der Waals surface area contributed by atoms with Crippen LogP contribution in [0.5, 0.6) is 0 Å². The van der Waals surface area contributed by atoms with E-state index in [4.69, 9.17) is 0 Å². The molecule has 1 fully saturated rings. The zero-order chi connectivity index (χ0) is 20.5. The molecule has 0 saturated carbocycles. The number of nitrogens with one attached hydrogen (secondary N) is 2.